The van der Waals surface area contributed by atoms with E-state index in [-0.39, 0.29) is 32.7 Å². The van der Waals surface area contributed by atoms with Crippen molar-refractivity contribution in [3.8, 4) is 0 Å². The number of aromatic nitrogens is 2. The Morgan fingerprint density at radius 2 is 1.16 bits per heavy atom. The molecule has 0 radical (unpaired) electrons. The molecule has 0 aliphatic carbocycles. The number of hydrogen-bond donors (Lipinski definition) is 4. The number of rotatable bonds is 6. The number of thiazole rings is 2. The van der Waals surface area contributed by atoms with Gasteiger partial charge in [-0.15, -0.1) is 0 Å². The molecule has 0 spiro atoms. The summed E-state index contributed by atoms with van der Waals surface area (Å²) in [5.41, 5.74) is 8.83. The standard InChI is InChI=1S/2C10H11N3OS.Zn/c2*1-7(6-14)12-13-10-11-8-4-2-3-5-9(8)15-10;/h2*2-5,14H,6H2,1H3,(H,11,13);/q;;+2/b2*12-7+;. The zero-order valence-electron chi connectivity index (χ0n) is 17.2. The van der Waals surface area contributed by atoms with Crippen LogP contribution in [0.1, 0.15) is 13.8 Å². The fraction of sp³-hybridized carbons (Fsp3) is 0.200. The summed E-state index contributed by atoms with van der Waals surface area (Å²) >= 11 is 3.08. The van der Waals surface area contributed by atoms with Crippen LogP contribution in [-0.4, -0.2) is 44.8 Å². The zero-order chi connectivity index (χ0) is 21.3. The van der Waals surface area contributed by atoms with Crippen LogP contribution in [0.25, 0.3) is 20.4 Å². The second-order valence-corrected chi connectivity index (χ2v) is 8.27. The molecule has 0 saturated heterocycles. The van der Waals surface area contributed by atoms with Crippen molar-refractivity contribution < 1.29 is 29.7 Å². The van der Waals surface area contributed by atoms with Gasteiger partial charge in [0.25, 0.3) is 0 Å². The predicted octanol–water partition coefficient (Wildman–Crippen LogP) is 4.15. The number of fused-ring (bicyclic) bond motifs is 2. The number of aliphatic hydroxyl groups is 2. The van der Waals surface area contributed by atoms with Crippen molar-refractivity contribution in [1.29, 1.82) is 0 Å². The van der Waals surface area contributed by atoms with Gasteiger partial charge >= 0.3 is 19.5 Å². The predicted molar refractivity (Wildman–Crippen MR) is 127 cm³/mol. The first kappa shape index (κ1) is 25.0. The molecular formula is C20H22N6O2S2Zn+2. The van der Waals surface area contributed by atoms with E-state index in [2.05, 4.69) is 31.0 Å². The van der Waals surface area contributed by atoms with Gasteiger partial charge in [0.15, 0.2) is 0 Å². The third-order valence-corrected chi connectivity index (χ3v) is 5.61. The maximum absolute atomic E-state index is 8.76. The molecule has 0 fully saturated rings. The molecule has 31 heavy (non-hydrogen) atoms. The minimum atomic E-state index is -0.0438. The zero-order valence-corrected chi connectivity index (χ0v) is 21.8. The minimum Gasteiger partial charge on any atom is -0.390 e. The van der Waals surface area contributed by atoms with Crippen molar-refractivity contribution in [3.63, 3.8) is 0 Å². The summed E-state index contributed by atoms with van der Waals surface area (Å²) in [5, 5.41) is 27.0. The van der Waals surface area contributed by atoms with Crippen molar-refractivity contribution in [1.82, 2.24) is 9.97 Å². The molecule has 8 nitrogen and oxygen atoms in total. The van der Waals surface area contributed by atoms with E-state index in [1.165, 1.54) is 22.7 Å². The van der Waals surface area contributed by atoms with Gasteiger partial charge in [0, 0.05) is 0 Å². The van der Waals surface area contributed by atoms with Gasteiger partial charge in [0.05, 0.1) is 45.1 Å². The molecule has 0 saturated carbocycles. The number of nitrogens with zero attached hydrogens (tertiary/aromatic N) is 4. The molecule has 4 aromatic rings. The third kappa shape index (κ3) is 7.41. The molecule has 156 valence electrons. The molecule has 4 N–H and O–H groups in total. The average molecular weight is 508 g/mol. The molecule has 0 unspecified atom stereocenters. The number of anilines is 2. The van der Waals surface area contributed by atoms with Crippen LogP contribution >= 0.6 is 22.7 Å². The van der Waals surface area contributed by atoms with Crippen LogP contribution in [0, 0.1) is 0 Å². The molecule has 4 rings (SSSR count). The third-order valence-electron chi connectivity index (χ3n) is 3.73. The number of benzene rings is 2. The maximum Gasteiger partial charge on any atom is 2.00 e. The van der Waals surface area contributed by atoms with Crippen LogP contribution in [0.3, 0.4) is 0 Å². The maximum atomic E-state index is 8.76. The van der Waals surface area contributed by atoms with E-state index in [0.29, 0.717) is 11.4 Å². The molecule has 0 aliphatic heterocycles. The average Bonchev–Trinajstić information content (AvgIpc) is 3.39. The molecule has 2 aromatic heterocycles. The fourth-order valence-electron chi connectivity index (χ4n) is 2.20. The summed E-state index contributed by atoms with van der Waals surface area (Å²) in [6, 6.07) is 15.8. The summed E-state index contributed by atoms with van der Waals surface area (Å²) in [4.78, 5) is 8.68. The van der Waals surface area contributed by atoms with Crippen molar-refractivity contribution in [3.05, 3.63) is 48.5 Å². The van der Waals surface area contributed by atoms with Crippen molar-refractivity contribution in [2.24, 2.45) is 10.2 Å². The molecule has 2 aromatic carbocycles. The van der Waals surface area contributed by atoms with E-state index < -0.39 is 0 Å². The Bertz CT molecular complexity index is 1020. The Hall–Kier alpha value is -2.30. The summed E-state index contributed by atoms with van der Waals surface area (Å²) < 4.78 is 2.24. The SMILES string of the molecule is C/C(CO)=N\Nc1nc2ccccc2s1.C/C(CO)=N\Nc1nc2ccccc2s1.[Zn+2]. The van der Waals surface area contributed by atoms with E-state index in [1.807, 2.05) is 48.5 Å². The van der Waals surface area contributed by atoms with Crippen LogP contribution in [0.2, 0.25) is 0 Å². The number of nitrogens with one attached hydrogen (secondary N) is 2. The van der Waals surface area contributed by atoms with E-state index in [9.17, 15) is 0 Å². The first-order chi connectivity index (χ1) is 14.6. The minimum absolute atomic E-state index is 0. The van der Waals surface area contributed by atoms with Crippen molar-refractivity contribution in [2.45, 2.75) is 13.8 Å². The van der Waals surface area contributed by atoms with E-state index >= 15 is 0 Å². The smallest absolute Gasteiger partial charge is 0.390 e. The van der Waals surface area contributed by atoms with E-state index in [0.717, 1.165) is 30.7 Å². The topological polar surface area (TPSA) is 115 Å². The molecule has 0 aliphatic rings. The van der Waals surface area contributed by atoms with Crippen molar-refractivity contribution >= 4 is 64.8 Å². The number of hydrogen-bond acceptors (Lipinski definition) is 10. The largest absolute Gasteiger partial charge is 2.00 e. The first-order valence-electron chi connectivity index (χ1n) is 9.10. The Kier molecular flexibility index (Phi) is 10.1. The molecule has 0 atom stereocenters. The van der Waals surface area contributed by atoms with Gasteiger partial charge in [0.1, 0.15) is 0 Å². The van der Waals surface area contributed by atoms with Gasteiger partial charge in [-0.05, 0) is 38.1 Å². The summed E-state index contributed by atoms with van der Waals surface area (Å²) in [6.45, 7) is 3.41. The quantitative estimate of drug-likeness (QED) is 0.177. The van der Waals surface area contributed by atoms with Gasteiger partial charge in [-0.2, -0.15) is 10.2 Å². The van der Waals surface area contributed by atoms with E-state index in [4.69, 9.17) is 10.2 Å². The monoisotopic (exact) mass is 506 g/mol. The number of para-hydroxylation sites is 2. The number of hydrazone groups is 2. The van der Waals surface area contributed by atoms with Gasteiger partial charge in [0.2, 0.25) is 10.3 Å². The Morgan fingerprint density at radius 1 is 0.774 bits per heavy atom. The van der Waals surface area contributed by atoms with Crippen LogP contribution in [0.15, 0.2) is 58.7 Å². The van der Waals surface area contributed by atoms with Crippen LogP contribution in [0.4, 0.5) is 10.3 Å². The van der Waals surface area contributed by atoms with E-state index in [1.54, 1.807) is 13.8 Å². The molecular weight excluding hydrogens is 486 g/mol. The Labute approximate surface area is 200 Å². The fourth-order valence-corrected chi connectivity index (χ4v) is 3.81. The van der Waals surface area contributed by atoms with Crippen molar-refractivity contribution in [2.75, 3.05) is 24.1 Å². The van der Waals surface area contributed by atoms with Gasteiger partial charge in [-0.1, -0.05) is 46.9 Å². The molecule has 2 heterocycles. The first-order valence-corrected chi connectivity index (χ1v) is 10.7. The second kappa shape index (κ2) is 12.5. The summed E-state index contributed by atoms with van der Waals surface area (Å²) in [6.07, 6.45) is 0. The normalized spacial score (nSPS) is 11.6. The Balaban J connectivity index is 0.000000213. The second-order valence-electron chi connectivity index (χ2n) is 6.21. The van der Waals surface area contributed by atoms with Gasteiger partial charge in [-0.3, -0.25) is 10.9 Å². The van der Waals surface area contributed by atoms with Gasteiger partial charge < -0.3 is 10.2 Å². The van der Waals surface area contributed by atoms with Crippen LogP contribution in [-0.2, 0) is 19.5 Å². The Morgan fingerprint density at radius 3 is 1.52 bits per heavy atom. The molecule has 0 bridgehead atoms. The summed E-state index contributed by atoms with van der Waals surface area (Å²) in [7, 11) is 0. The van der Waals surface area contributed by atoms with Crippen LogP contribution < -0.4 is 10.9 Å². The van der Waals surface area contributed by atoms with Crippen LogP contribution in [0.5, 0.6) is 0 Å². The molecule has 11 heteroatoms. The summed E-state index contributed by atoms with van der Waals surface area (Å²) in [5.74, 6) is 0. The van der Waals surface area contributed by atoms with Gasteiger partial charge in [-0.25, -0.2) is 9.97 Å². The molecule has 0 amide bonds. The number of aliphatic hydroxyl groups excluding tert-OH is 2.